The van der Waals surface area contributed by atoms with Gasteiger partial charge in [-0.15, -0.1) is 0 Å². The van der Waals surface area contributed by atoms with Gasteiger partial charge in [0.1, 0.15) is 23.7 Å². The lowest BCUT2D eigenvalue weighted by atomic mass is 9.96. The van der Waals surface area contributed by atoms with E-state index in [1.165, 1.54) is 0 Å². The molecule has 10 heteroatoms. The number of amides is 1. The number of aliphatic imine (C=N–C) groups is 1. The van der Waals surface area contributed by atoms with Gasteiger partial charge in [0.25, 0.3) is 15.9 Å². The molecule has 1 saturated carbocycles. The molecule has 0 unspecified atom stereocenters. The Bertz CT molecular complexity index is 1860. The van der Waals surface area contributed by atoms with Crippen LogP contribution in [0.15, 0.2) is 87.2 Å². The molecule has 0 saturated heterocycles. The Balaban J connectivity index is 1.36. The molecule has 1 aliphatic heterocycles. The van der Waals surface area contributed by atoms with E-state index in [-0.39, 0.29) is 23.3 Å². The highest BCUT2D eigenvalue weighted by Gasteiger charge is 2.49. The van der Waals surface area contributed by atoms with Gasteiger partial charge >= 0.3 is 0 Å². The molecule has 1 fully saturated rings. The maximum atomic E-state index is 13.8. The van der Waals surface area contributed by atoms with Crippen LogP contribution in [0.4, 0.5) is 5.88 Å². The summed E-state index contributed by atoms with van der Waals surface area (Å²) in [4.78, 5) is 20.8. The minimum atomic E-state index is -4.04. The van der Waals surface area contributed by atoms with Crippen molar-refractivity contribution in [3.63, 3.8) is 0 Å². The fraction of sp³-hybridized carbons (Fsp3) is 0.361. The molecule has 1 aromatic heterocycles. The molecule has 1 N–H and O–H groups in total. The number of ether oxygens (including phenoxy) is 1. The second kappa shape index (κ2) is 13.1. The number of aromatic nitrogens is 1. The van der Waals surface area contributed by atoms with E-state index < -0.39 is 15.6 Å². The average molecular weight is 641 g/mol. The molecule has 0 atom stereocenters. The highest BCUT2D eigenvalue weighted by atomic mass is 32.2. The lowest BCUT2D eigenvalue weighted by molar-refractivity contribution is -0.131. The minimum Gasteiger partial charge on any atom is -0.489 e. The molecule has 2 aliphatic rings. The number of rotatable bonds is 12. The van der Waals surface area contributed by atoms with Crippen LogP contribution in [0.3, 0.4) is 0 Å². The number of hydrogen-bond acceptors (Lipinski definition) is 7. The molecule has 1 amide bonds. The molecule has 9 nitrogen and oxygen atoms in total. The summed E-state index contributed by atoms with van der Waals surface area (Å²) in [5, 5.41) is 3.89. The summed E-state index contributed by atoms with van der Waals surface area (Å²) in [6.45, 7) is 6.25. The first-order valence-electron chi connectivity index (χ1n) is 16.0. The van der Waals surface area contributed by atoms with Gasteiger partial charge in [-0.1, -0.05) is 79.9 Å². The van der Waals surface area contributed by atoms with Gasteiger partial charge in [0, 0.05) is 17.5 Å². The van der Waals surface area contributed by atoms with E-state index in [4.69, 9.17) is 14.3 Å². The first kappa shape index (κ1) is 31.5. The quantitative estimate of drug-likeness (QED) is 0.171. The van der Waals surface area contributed by atoms with Crippen LogP contribution >= 0.6 is 0 Å². The summed E-state index contributed by atoms with van der Waals surface area (Å²) in [6.07, 6.45) is 6.42. The molecule has 4 aromatic rings. The van der Waals surface area contributed by atoms with Crippen LogP contribution in [0.2, 0.25) is 0 Å². The SMILES string of the molecule is CCCCC1=NC2(CCCC2)C(=O)N1Cc1ccc(-c2ccccc2S(=O)(=O)Nc2onc(C)c2C)c(COc2ccccc2)c1. The smallest absolute Gasteiger partial charge is 0.264 e. The van der Waals surface area contributed by atoms with Crippen molar-refractivity contribution in [2.45, 2.75) is 89.3 Å². The summed E-state index contributed by atoms with van der Waals surface area (Å²) in [5.41, 5.74) is 3.59. The van der Waals surface area contributed by atoms with Gasteiger partial charge in [-0.25, -0.2) is 13.1 Å². The molecule has 1 aliphatic carbocycles. The Morgan fingerprint density at radius 2 is 1.72 bits per heavy atom. The third-order valence-corrected chi connectivity index (χ3v) is 10.4. The molecular formula is C36H40N4O5S. The normalized spacial score (nSPS) is 15.8. The maximum absolute atomic E-state index is 13.8. The summed E-state index contributed by atoms with van der Waals surface area (Å²) in [7, 11) is -4.04. The van der Waals surface area contributed by atoms with Crippen LogP contribution in [0.25, 0.3) is 11.1 Å². The second-order valence-electron chi connectivity index (χ2n) is 12.2. The monoisotopic (exact) mass is 640 g/mol. The molecule has 46 heavy (non-hydrogen) atoms. The topological polar surface area (TPSA) is 114 Å². The van der Waals surface area contributed by atoms with Gasteiger partial charge in [-0.3, -0.25) is 14.7 Å². The van der Waals surface area contributed by atoms with Crippen LogP contribution in [0, 0.1) is 13.8 Å². The number of carbonyl (C=O) groups is 1. The van der Waals surface area contributed by atoms with Crippen molar-refractivity contribution in [1.82, 2.24) is 10.1 Å². The molecule has 0 bridgehead atoms. The number of unbranched alkanes of at least 4 members (excludes halogenated alkanes) is 1. The summed E-state index contributed by atoms with van der Waals surface area (Å²) < 4.78 is 41.5. The summed E-state index contributed by atoms with van der Waals surface area (Å²) in [6, 6.07) is 22.3. The van der Waals surface area contributed by atoms with Crippen LogP contribution in [0.1, 0.15) is 74.3 Å². The van der Waals surface area contributed by atoms with Crippen molar-refractivity contribution < 1.29 is 22.5 Å². The zero-order chi connectivity index (χ0) is 32.3. The first-order valence-corrected chi connectivity index (χ1v) is 17.4. The first-order chi connectivity index (χ1) is 22.2. The number of benzene rings is 3. The van der Waals surface area contributed by atoms with Gasteiger partial charge in [0.15, 0.2) is 0 Å². The van der Waals surface area contributed by atoms with Crippen LogP contribution in [0.5, 0.6) is 5.75 Å². The Kier molecular flexibility index (Phi) is 8.99. The van der Waals surface area contributed by atoms with E-state index in [9.17, 15) is 13.2 Å². The molecule has 3 aromatic carbocycles. The van der Waals surface area contributed by atoms with Gasteiger partial charge in [-0.2, -0.15) is 0 Å². The van der Waals surface area contributed by atoms with Crippen molar-refractivity contribution in [3.8, 4) is 16.9 Å². The number of aryl methyl sites for hydroxylation is 1. The van der Waals surface area contributed by atoms with E-state index in [2.05, 4.69) is 16.8 Å². The predicted molar refractivity (Wildman–Crippen MR) is 178 cm³/mol. The van der Waals surface area contributed by atoms with E-state index in [1.807, 2.05) is 59.5 Å². The van der Waals surface area contributed by atoms with E-state index in [0.29, 0.717) is 34.7 Å². The second-order valence-corrected chi connectivity index (χ2v) is 13.8. The largest absolute Gasteiger partial charge is 0.489 e. The Labute approximate surface area is 270 Å². The van der Waals surface area contributed by atoms with Crippen molar-refractivity contribution in [1.29, 1.82) is 0 Å². The number of anilines is 1. The number of nitrogens with zero attached hydrogens (tertiary/aromatic N) is 3. The molecular weight excluding hydrogens is 600 g/mol. The van der Waals surface area contributed by atoms with Gasteiger partial charge in [0.05, 0.1) is 17.1 Å². The third-order valence-electron chi connectivity index (χ3n) is 8.98. The fourth-order valence-corrected chi connectivity index (χ4v) is 7.57. The molecule has 2 heterocycles. The van der Waals surface area contributed by atoms with Crippen LogP contribution in [-0.4, -0.2) is 35.8 Å². The molecule has 240 valence electrons. The van der Waals surface area contributed by atoms with E-state index in [1.54, 1.807) is 32.0 Å². The number of carbonyl (C=O) groups excluding carboxylic acids is 1. The van der Waals surface area contributed by atoms with Crippen LogP contribution in [-0.2, 0) is 28.0 Å². The summed E-state index contributed by atoms with van der Waals surface area (Å²) >= 11 is 0. The predicted octanol–water partition coefficient (Wildman–Crippen LogP) is 7.58. The molecule has 1 spiro atoms. The van der Waals surface area contributed by atoms with Crippen molar-refractivity contribution >= 4 is 27.7 Å². The Hall–Kier alpha value is -4.44. The highest BCUT2D eigenvalue weighted by molar-refractivity contribution is 7.92. The Morgan fingerprint density at radius 1 is 0.978 bits per heavy atom. The number of amidine groups is 1. The lowest BCUT2D eigenvalue weighted by Gasteiger charge is -2.23. The van der Waals surface area contributed by atoms with Crippen molar-refractivity contribution in [2.75, 3.05) is 4.72 Å². The highest BCUT2D eigenvalue weighted by Crippen LogP contribution is 2.40. The van der Waals surface area contributed by atoms with Gasteiger partial charge in [-0.05, 0) is 74.1 Å². The fourth-order valence-electron chi connectivity index (χ4n) is 6.30. The maximum Gasteiger partial charge on any atom is 0.264 e. The Morgan fingerprint density at radius 3 is 2.43 bits per heavy atom. The van der Waals surface area contributed by atoms with Gasteiger partial charge in [0.2, 0.25) is 5.88 Å². The molecule has 0 radical (unpaired) electrons. The van der Waals surface area contributed by atoms with E-state index >= 15 is 0 Å². The summed E-state index contributed by atoms with van der Waals surface area (Å²) in [5.74, 6) is 1.76. The zero-order valence-electron chi connectivity index (χ0n) is 26.6. The number of para-hydroxylation sites is 1. The minimum absolute atomic E-state index is 0.0890. The zero-order valence-corrected chi connectivity index (χ0v) is 27.4. The van der Waals surface area contributed by atoms with Crippen LogP contribution < -0.4 is 9.46 Å². The van der Waals surface area contributed by atoms with Crippen molar-refractivity contribution in [3.05, 3.63) is 95.2 Å². The van der Waals surface area contributed by atoms with E-state index in [0.717, 1.165) is 61.9 Å². The lowest BCUT2D eigenvalue weighted by Crippen LogP contribution is -2.40. The average Bonchev–Trinajstić information content (AvgIpc) is 3.74. The van der Waals surface area contributed by atoms with Crippen molar-refractivity contribution in [2.24, 2.45) is 4.99 Å². The number of sulfonamides is 1. The molecule has 6 rings (SSSR count). The standard InChI is InChI=1S/C36H40N4O5S/c1-4-5-17-33-37-36(20-11-12-21-36)35(41)40(33)23-27-18-19-30(28(22-27)24-44-29-13-7-6-8-14-29)31-15-9-10-16-32(31)46(42,43)39-34-25(2)26(3)38-45-34/h6-10,13-16,18-19,22,39H,4-5,11-12,17,20-21,23-24H2,1-3H3. The number of hydrogen-bond donors (Lipinski definition) is 1. The van der Waals surface area contributed by atoms with Gasteiger partial charge < -0.3 is 9.26 Å². The number of nitrogens with one attached hydrogen (secondary N) is 1. The third kappa shape index (κ3) is 6.31.